The van der Waals surface area contributed by atoms with Crippen molar-refractivity contribution in [3.05, 3.63) is 35.4 Å². The van der Waals surface area contributed by atoms with E-state index in [0.29, 0.717) is 6.04 Å². The maximum Gasteiger partial charge on any atom is 0.0234 e. The Morgan fingerprint density at radius 1 is 1.21 bits per heavy atom. The molecule has 1 saturated heterocycles. The van der Waals surface area contributed by atoms with Crippen LogP contribution in [0.1, 0.15) is 44.7 Å². The Balaban J connectivity index is 1.95. The first-order valence-electron chi connectivity index (χ1n) is 7.47. The summed E-state index contributed by atoms with van der Waals surface area (Å²) in [5.74, 6) is 0. The van der Waals surface area contributed by atoms with E-state index >= 15 is 0 Å². The minimum Gasteiger partial charge on any atom is -0.315 e. The van der Waals surface area contributed by atoms with Crippen LogP contribution in [0.25, 0.3) is 0 Å². The van der Waals surface area contributed by atoms with Crippen LogP contribution in [0.4, 0.5) is 0 Å². The number of benzene rings is 1. The van der Waals surface area contributed by atoms with E-state index in [4.69, 9.17) is 0 Å². The van der Waals surface area contributed by atoms with E-state index < -0.39 is 0 Å². The highest BCUT2D eigenvalue weighted by Gasteiger charge is 2.18. The SMILES string of the molecule is CN(Cc1ccc(C(C)(C)C)cc1)C1CCCNC1. The molecule has 0 saturated carbocycles. The van der Waals surface area contributed by atoms with Crippen LogP contribution in [0.3, 0.4) is 0 Å². The first-order valence-corrected chi connectivity index (χ1v) is 7.47. The molecule has 0 aliphatic carbocycles. The highest BCUT2D eigenvalue weighted by atomic mass is 15.2. The van der Waals surface area contributed by atoms with Gasteiger partial charge in [-0.05, 0) is 43.0 Å². The van der Waals surface area contributed by atoms with Crippen molar-refractivity contribution in [2.75, 3.05) is 20.1 Å². The van der Waals surface area contributed by atoms with E-state index in [1.54, 1.807) is 0 Å². The molecule has 2 nitrogen and oxygen atoms in total. The molecule has 1 aliphatic heterocycles. The second-order valence-electron chi connectivity index (χ2n) is 6.86. The molecule has 106 valence electrons. The topological polar surface area (TPSA) is 15.3 Å². The van der Waals surface area contributed by atoms with Gasteiger partial charge in [-0.25, -0.2) is 0 Å². The fraction of sp³-hybridized carbons (Fsp3) is 0.647. The van der Waals surface area contributed by atoms with Crippen LogP contribution in [-0.4, -0.2) is 31.1 Å². The molecule has 1 heterocycles. The lowest BCUT2D eigenvalue weighted by molar-refractivity contribution is 0.196. The maximum atomic E-state index is 3.49. The predicted molar refractivity (Wildman–Crippen MR) is 82.5 cm³/mol. The summed E-state index contributed by atoms with van der Waals surface area (Å²) in [6, 6.07) is 9.82. The Morgan fingerprint density at radius 3 is 2.42 bits per heavy atom. The Hall–Kier alpha value is -0.860. The molecule has 1 atom stereocenters. The quantitative estimate of drug-likeness (QED) is 0.898. The van der Waals surface area contributed by atoms with E-state index in [1.807, 2.05) is 0 Å². The number of hydrogen-bond acceptors (Lipinski definition) is 2. The second kappa shape index (κ2) is 6.06. The molecule has 1 aromatic carbocycles. The lowest BCUT2D eigenvalue weighted by atomic mass is 9.86. The normalized spacial score (nSPS) is 20.8. The van der Waals surface area contributed by atoms with Gasteiger partial charge in [0.2, 0.25) is 0 Å². The van der Waals surface area contributed by atoms with E-state index in [9.17, 15) is 0 Å². The molecular formula is C17H28N2. The van der Waals surface area contributed by atoms with Crippen LogP contribution < -0.4 is 5.32 Å². The van der Waals surface area contributed by atoms with Gasteiger partial charge in [-0.2, -0.15) is 0 Å². The Labute approximate surface area is 118 Å². The van der Waals surface area contributed by atoms with Crippen LogP contribution in [0.15, 0.2) is 24.3 Å². The van der Waals surface area contributed by atoms with Gasteiger partial charge in [0.25, 0.3) is 0 Å². The average molecular weight is 260 g/mol. The monoisotopic (exact) mass is 260 g/mol. The van der Waals surface area contributed by atoms with Crippen molar-refractivity contribution in [1.29, 1.82) is 0 Å². The molecule has 1 N–H and O–H groups in total. The van der Waals surface area contributed by atoms with Crippen molar-refractivity contribution < 1.29 is 0 Å². The first-order chi connectivity index (χ1) is 8.97. The summed E-state index contributed by atoms with van der Waals surface area (Å²) in [4.78, 5) is 2.48. The highest BCUT2D eigenvalue weighted by molar-refractivity contribution is 5.27. The van der Waals surface area contributed by atoms with Crippen molar-refractivity contribution in [3.63, 3.8) is 0 Å². The molecule has 1 aliphatic rings. The number of rotatable bonds is 3. The van der Waals surface area contributed by atoms with Crippen molar-refractivity contribution in [2.45, 2.75) is 51.6 Å². The predicted octanol–water partition coefficient (Wildman–Crippen LogP) is 3.17. The standard InChI is InChI=1S/C17H28N2/c1-17(2,3)15-9-7-14(8-10-15)13-19(4)16-6-5-11-18-12-16/h7-10,16,18H,5-6,11-13H2,1-4H3. The molecular weight excluding hydrogens is 232 g/mol. The highest BCUT2D eigenvalue weighted by Crippen LogP contribution is 2.22. The van der Waals surface area contributed by atoms with Crippen LogP contribution in [0.2, 0.25) is 0 Å². The van der Waals surface area contributed by atoms with Gasteiger partial charge in [0.15, 0.2) is 0 Å². The van der Waals surface area contributed by atoms with Gasteiger partial charge < -0.3 is 5.32 Å². The molecule has 0 amide bonds. The minimum absolute atomic E-state index is 0.248. The number of nitrogens with one attached hydrogen (secondary N) is 1. The van der Waals surface area contributed by atoms with E-state index in [1.165, 1.54) is 30.5 Å². The lowest BCUT2D eigenvalue weighted by Gasteiger charge is -2.31. The first kappa shape index (κ1) is 14.5. The Kier molecular flexibility index (Phi) is 4.64. The molecule has 1 unspecified atom stereocenters. The molecule has 0 bridgehead atoms. The third-order valence-corrected chi connectivity index (χ3v) is 4.15. The fourth-order valence-electron chi connectivity index (χ4n) is 2.74. The largest absolute Gasteiger partial charge is 0.315 e. The van der Waals surface area contributed by atoms with Crippen LogP contribution in [-0.2, 0) is 12.0 Å². The summed E-state index contributed by atoms with van der Waals surface area (Å²) in [7, 11) is 2.25. The summed E-state index contributed by atoms with van der Waals surface area (Å²) < 4.78 is 0. The third kappa shape index (κ3) is 4.05. The Bertz CT molecular complexity index is 383. The average Bonchev–Trinajstić information content (AvgIpc) is 2.39. The van der Waals surface area contributed by atoms with Gasteiger partial charge in [-0.1, -0.05) is 45.0 Å². The van der Waals surface area contributed by atoms with Gasteiger partial charge in [-0.3, -0.25) is 4.90 Å². The fourth-order valence-corrected chi connectivity index (χ4v) is 2.74. The minimum atomic E-state index is 0.248. The molecule has 1 aromatic rings. The van der Waals surface area contributed by atoms with Crippen molar-refractivity contribution >= 4 is 0 Å². The smallest absolute Gasteiger partial charge is 0.0234 e. The molecule has 1 fully saturated rings. The second-order valence-corrected chi connectivity index (χ2v) is 6.86. The molecule has 0 radical (unpaired) electrons. The van der Waals surface area contributed by atoms with Crippen LogP contribution in [0, 0.1) is 0 Å². The molecule has 2 rings (SSSR count). The number of hydrogen-bond donors (Lipinski definition) is 1. The molecule has 19 heavy (non-hydrogen) atoms. The Morgan fingerprint density at radius 2 is 1.89 bits per heavy atom. The zero-order chi connectivity index (χ0) is 13.9. The number of likely N-dealkylation sites (N-methyl/N-ethyl adjacent to an activating group) is 1. The summed E-state index contributed by atoms with van der Waals surface area (Å²) in [6.07, 6.45) is 2.63. The van der Waals surface area contributed by atoms with E-state index in [0.717, 1.165) is 13.1 Å². The van der Waals surface area contributed by atoms with Crippen LogP contribution >= 0.6 is 0 Å². The summed E-state index contributed by atoms with van der Waals surface area (Å²) in [5, 5.41) is 3.49. The maximum absolute atomic E-state index is 3.49. The van der Waals surface area contributed by atoms with Crippen molar-refractivity contribution in [2.24, 2.45) is 0 Å². The summed E-state index contributed by atoms with van der Waals surface area (Å²) >= 11 is 0. The van der Waals surface area contributed by atoms with Crippen molar-refractivity contribution in [1.82, 2.24) is 10.2 Å². The number of nitrogens with zero attached hydrogens (tertiary/aromatic N) is 1. The van der Waals surface area contributed by atoms with E-state index in [-0.39, 0.29) is 5.41 Å². The zero-order valence-corrected chi connectivity index (χ0v) is 12.9. The van der Waals surface area contributed by atoms with Crippen molar-refractivity contribution in [3.8, 4) is 0 Å². The number of piperidine rings is 1. The zero-order valence-electron chi connectivity index (χ0n) is 12.9. The van der Waals surface area contributed by atoms with Crippen LogP contribution in [0.5, 0.6) is 0 Å². The molecule has 2 heteroatoms. The lowest BCUT2D eigenvalue weighted by Crippen LogP contribution is -2.43. The van der Waals surface area contributed by atoms with Gasteiger partial charge in [0.05, 0.1) is 0 Å². The summed E-state index contributed by atoms with van der Waals surface area (Å²) in [5.41, 5.74) is 3.08. The van der Waals surface area contributed by atoms with Gasteiger partial charge >= 0.3 is 0 Å². The third-order valence-electron chi connectivity index (χ3n) is 4.15. The van der Waals surface area contributed by atoms with Gasteiger partial charge in [0.1, 0.15) is 0 Å². The molecule has 0 aromatic heterocycles. The van der Waals surface area contributed by atoms with Gasteiger partial charge in [0, 0.05) is 19.1 Å². The molecule has 0 spiro atoms. The van der Waals surface area contributed by atoms with Gasteiger partial charge in [-0.15, -0.1) is 0 Å². The summed E-state index contributed by atoms with van der Waals surface area (Å²) in [6.45, 7) is 10.2. The van der Waals surface area contributed by atoms with E-state index in [2.05, 4.69) is 62.3 Å².